The fourth-order valence-electron chi connectivity index (χ4n) is 3.07. The molecule has 2 heterocycles. The summed E-state index contributed by atoms with van der Waals surface area (Å²) in [5, 5.41) is 4.45. The Morgan fingerprint density at radius 1 is 1.39 bits per heavy atom. The summed E-state index contributed by atoms with van der Waals surface area (Å²) in [5.41, 5.74) is 11.4. The molecule has 5 nitrogen and oxygen atoms in total. The number of hydrazone groups is 1. The van der Waals surface area contributed by atoms with Gasteiger partial charge in [-0.15, -0.1) is 0 Å². The van der Waals surface area contributed by atoms with Crippen LogP contribution in [0.1, 0.15) is 38.2 Å². The van der Waals surface area contributed by atoms with E-state index in [1.54, 1.807) is 0 Å². The SMILES string of the molecule is CCC(CC1COc2ccccc21)C1=NNC/C=C(\C)C(N)=N1. The van der Waals surface area contributed by atoms with Crippen LogP contribution in [0.2, 0.25) is 0 Å². The molecular formula is C18H24N4O. The summed E-state index contributed by atoms with van der Waals surface area (Å²) in [4.78, 5) is 4.56. The fourth-order valence-corrected chi connectivity index (χ4v) is 3.07. The minimum Gasteiger partial charge on any atom is -0.493 e. The van der Waals surface area contributed by atoms with Gasteiger partial charge in [0, 0.05) is 17.4 Å². The summed E-state index contributed by atoms with van der Waals surface area (Å²) in [6.07, 6.45) is 3.94. The molecule has 0 bridgehead atoms. The molecule has 0 amide bonds. The van der Waals surface area contributed by atoms with E-state index in [2.05, 4.69) is 34.6 Å². The molecule has 23 heavy (non-hydrogen) atoms. The van der Waals surface area contributed by atoms with Gasteiger partial charge in [-0.3, -0.25) is 0 Å². The normalized spacial score (nSPS) is 23.9. The van der Waals surface area contributed by atoms with Crippen LogP contribution in [0.3, 0.4) is 0 Å². The molecular weight excluding hydrogens is 288 g/mol. The average molecular weight is 312 g/mol. The van der Waals surface area contributed by atoms with Gasteiger partial charge in [-0.05, 0) is 31.4 Å². The summed E-state index contributed by atoms with van der Waals surface area (Å²) in [5.74, 6) is 3.00. The first-order valence-electron chi connectivity index (χ1n) is 8.22. The molecule has 5 heteroatoms. The van der Waals surface area contributed by atoms with Gasteiger partial charge in [0.25, 0.3) is 0 Å². The van der Waals surface area contributed by atoms with E-state index in [9.17, 15) is 0 Å². The second kappa shape index (κ2) is 6.86. The fraction of sp³-hybridized carbons (Fsp3) is 0.444. The van der Waals surface area contributed by atoms with Crippen molar-refractivity contribution in [3.05, 3.63) is 41.5 Å². The van der Waals surface area contributed by atoms with Crippen molar-refractivity contribution in [2.45, 2.75) is 32.6 Å². The number of rotatable bonds is 4. The van der Waals surface area contributed by atoms with Crippen molar-refractivity contribution < 1.29 is 4.74 Å². The van der Waals surface area contributed by atoms with Crippen LogP contribution < -0.4 is 15.9 Å². The number of aliphatic imine (C=N–C) groups is 1. The Morgan fingerprint density at radius 3 is 3.04 bits per heavy atom. The van der Waals surface area contributed by atoms with E-state index in [1.807, 2.05) is 25.1 Å². The van der Waals surface area contributed by atoms with E-state index in [0.717, 1.165) is 36.6 Å². The zero-order valence-electron chi connectivity index (χ0n) is 13.7. The molecule has 0 saturated heterocycles. The van der Waals surface area contributed by atoms with Gasteiger partial charge in [0.2, 0.25) is 0 Å². The molecule has 0 radical (unpaired) electrons. The predicted octanol–water partition coefficient (Wildman–Crippen LogP) is 2.80. The molecule has 2 aliphatic rings. The largest absolute Gasteiger partial charge is 0.493 e. The summed E-state index contributed by atoms with van der Waals surface area (Å²) in [6.45, 7) is 5.56. The monoisotopic (exact) mass is 312 g/mol. The maximum Gasteiger partial charge on any atom is 0.153 e. The molecule has 0 saturated carbocycles. The van der Waals surface area contributed by atoms with Crippen LogP contribution in [0.25, 0.3) is 0 Å². The van der Waals surface area contributed by atoms with Gasteiger partial charge in [-0.2, -0.15) is 5.10 Å². The van der Waals surface area contributed by atoms with Gasteiger partial charge in [-0.1, -0.05) is 31.2 Å². The summed E-state index contributed by atoms with van der Waals surface area (Å²) in [6, 6.07) is 8.28. The van der Waals surface area contributed by atoms with Crippen LogP contribution in [0.5, 0.6) is 5.75 Å². The molecule has 0 spiro atoms. The van der Waals surface area contributed by atoms with Crippen molar-refractivity contribution in [2.24, 2.45) is 21.7 Å². The number of nitrogens with zero attached hydrogens (tertiary/aromatic N) is 2. The Kier molecular flexibility index (Phi) is 4.65. The highest BCUT2D eigenvalue weighted by atomic mass is 16.5. The third-order valence-electron chi connectivity index (χ3n) is 4.56. The predicted molar refractivity (Wildman–Crippen MR) is 93.9 cm³/mol. The molecule has 2 atom stereocenters. The number of nitrogens with one attached hydrogen (secondary N) is 1. The number of ether oxygens (including phenoxy) is 1. The van der Waals surface area contributed by atoms with Gasteiger partial charge in [0.05, 0.1) is 13.2 Å². The first kappa shape index (κ1) is 15.6. The van der Waals surface area contributed by atoms with Crippen LogP contribution in [0.4, 0.5) is 0 Å². The van der Waals surface area contributed by atoms with Crippen molar-refractivity contribution in [3.8, 4) is 5.75 Å². The highest BCUT2D eigenvalue weighted by Gasteiger charge is 2.28. The number of benzene rings is 1. The van der Waals surface area contributed by atoms with E-state index < -0.39 is 0 Å². The van der Waals surface area contributed by atoms with E-state index in [0.29, 0.717) is 18.3 Å². The van der Waals surface area contributed by atoms with E-state index in [4.69, 9.17) is 10.5 Å². The number of amidine groups is 2. The Labute approximate surface area is 137 Å². The second-order valence-electron chi connectivity index (χ2n) is 6.10. The van der Waals surface area contributed by atoms with Gasteiger partial charge in [0.15, 0.2) is 5.84 Å². The van der Waals surface area contributed by atoms with Crippen LogP contribution in [0.15, 0.2) is 46.0 Å². The third kappa shape index (κ3) is 3.38. The zero-order chi connectivity index (χ0) is 16.2. The lowest BCUT2D eigenvalue weighted by molar-refractivity contribution is 0.316. The standard InChI is InChI=1S/C18H24N4O/c1-3-13(18-21-17(19)12(2)8-9-20-22-18)10-14-11-23-16-7-5-4-6-15(14)16/h4-8,13-14,20H,3,9-11H2,1-2H3,(H2,19,21,22)/b12-8+. The molecule has 1 aromatic rings. The molecule has 0 aliphatic carbocycles. The Morgan fingerprint density at radius 2 is 2.22 bits per heavy atom. The third-order valence-corrected chi connectivity index (χ3v) is 4.56. The molecule has 2 aliphatic heterocycles. The lowest BCUT2D eigenvalue weighted by Gasteiger charge is -2.20. The quantitative estimate of drug-likeness (QED) is 0.898. The van der Waals surface area contributed by atoms with Crippen LogP contribution in [-0.2, 0) is 0 Å². The molecule has 3 rings (SSSR count). The van der Waals surface area contributed by atoms with Crippen LogP contribution in [-0.4, -0.2) is 24.8 Å². The molecule has 122 valence electrons. The molecule has 1 aromatic carbocycles. The number of hydrogen-bond donors (Lipinski definition) is 2. The van der Waals surface area contributed by atoms with E-state index in [-0.39, 0.29) is 5.92 Å². The summed E-state index contributed by atoms with van der Waals surface area (Å²) >= 11 is 0. The van der Waals surface area contributed by atoms with Crippen LogP contribution >= 0.6 is 0 Å². The summed E-state index contributed by atoms with van der Waals surface area (Å²) in [7, 11) is 0. The van der Waals surface area contributed by atoms with Gasteiger partial charge >= 0.3 is 0 Å². The minimum absolute atomic E-state index is 0.256. The van der Waals surface area contributed by atoms with Gasteiger partial charge < -0.3 is 15.9 Å². The average Bonchev–Trinajstić information content (AvgIpc) is 2.97. The Bertz CT molecular complexity index is 663. The topological polar surface area (TPSA) is 72.0 Å². The van der Waals surface area contributed by atoms with Crippen molar-refractivity contribution in [1.29, 1.82) is 0 Å². The highest BCUT2D eigenvalue weighted by molar-refractivity contribution is 6.05. The van der Waals surface area contributed by atoms with Gasteiger partial charge in [-0.25, -0.2) is 4.99 Å². The van der Waals surface area contributed by atoms with Crippen molar-refractivity contribution in [3.63, 3.8) is 0 Å². The smallest absolute Gasteiger partial charge is 0.153 e. The number of fused-ring (bicyclic) bond motifs is 1. The van der Waals surface area contributed by atoms with Crippen molar-refractivity contribution in [1.82, 2.24) is 5.43 Å². The first-order chi connectivity index (χ1) is 11.2. The molecule has 2 unspecified atom stereocenters. The first-order valence-corrected chi connectivity index (χ1v) is 8.22. The molecule has 3 N–H and O–H groups in total. The van der Waals surface area contributed by atoms with E-state index in [1.165, 1.54) is 5.56 Å². The molecule has 0 fully saturated rings. The second-order valence-corrected chi connectivity index (χ2v) is 6.10. The van der Waals surface area contributed by atoms with Crippen molar-refractivity contribution in [2.75, 3.05) is 13.2 Å². The Hall–Kier alpha value is -2.30. The number of nitrogens with two attached hydrogens (primary N) is 1. The maximum absolute atomic E-state index is 6.06. The van der Waals surface area contributed by atoms with E-state index >= 15 is 0 Å². The van der Waals surface area contributed by atoms with Crippen LogP contribution in [0, 0.1) is 5.92 Å². The Balaban J connectivity index is 1.80. The zero-order valence-corrected chi connectivity index (χ0v) is 13.7. The van der Waals surface area contributed by atoms with Gasteiger partial charge in [0.1, 0.15) is 11.6 Å². The minimum atomic E-state index is 0.256. The highest BCUT2D eigenvalue weighted by Crippen LogP contribution is 2.38. The maximum atomic E-state index is 6.06. The lowest BCUT2D eigenvalue weighted by atomic mass is 9.88. The number of para-hydroxylation sites is 1. The lowest BCUT2D eigenvalue weighted by Crippen LogP contribution is -2.26. The van der Waals surface area contributed by atoms with Crippen molar-refractivity contribution >= 4 is 11.7 Å². The molecule has 0 aromatic heterocycles. The summed E-state index contributed by atoms with van der Waals surface area (Å²) < 4.78 is 5.80. The number of hydrogen-bond acceptors (Lipinski definition) is 5.